The molecule has 0 radical (unpaired) electrons. The Morgan fingerprint density at radius 1 is 1.44 bits per heavy atom. The minimum absolute atomic E-state index is 0.0444. The van der Waals surface area contributed by atoms with Crippen molar-refractivity contribution in [2.24, 2.45) is 0 Å². The number of anilines is 1. The molecule has 100 valence electrons. The van der Waals surface area contributed by atoms with Crippen molar-refractivity contribution in [1.29, 1.82) is 0 Å². The van der Waals surface area contributed by atoms with Crippen molar-refractivity contribution in [3.05, 3.63) is 11.0 Å². The second kappa shape index (κ2) is 5.22. The van der Waals surface area contributed by atoms with E-state index in [1.54, 1.807) is 5.48 Å². The third-order valence-electron chi connectivity index (χ3n) is 2.59. The molecule has 1 aromatic rings. The van der Waals surface area contributed by atoms with Crippen LogP contribution >= 0.6 is 12.2 Å². The fraction of sp³-hybridized carbons (Fsp3) is 0.625. The molecule has 9 nitrogen and oxygen atoms in total. The Bertz CT molecular complexity index is 483. The number of nitrogens with one attached hydrogen (secondary N) is 1. The van der Waals surface area contributed by atoms with E-state index < -0.39 is 31.1 Å². The summed E-state index contributed by atoms with van der Waals surface area (Å²) in [5, 5.41) is 40.8. The van der Waals surface area contributed by atoms with Crippen molar-refractivity contribution in [3.8, 4) is 0 Å². The van der Waals surface area contributed by atoms with Gasteiger partial charge in [0.2, 0.25) is 4.77 Å². The van der Waals surface area contributed by atoms with Crippen LogP contribution < -0.4 is 5.48 Å². The van der Waals surface area contributed by atoms with Crippen LogP contribution in [0.3, 0.4) is 0 Å². The van der Waals surface area contributed by atoms with Crippen molar-refractivity contribution < 1.29 is 25.3 Å². The third-order valence-corrected chi connectivity index (χ3v) is 2.87. The smallest absolute Gasteiger partial charge is 0.220 e. The van der Waals surface area contributed by atoms with Gasteiger partial charge in [0.25, 0.3) is 0 Å². The molecule has 1 aromatic heterocycles. The zero-order valence-electron chi connectivity index (χ0n) is 9.04. The Labute approximate surface area is 106 Å². The maximum atomic E-state index is 9.78. The number of aliphatic hydroxyl groups excluding tert-OH is 3. The normalized spacial score (nSPS) is 31.6. The van der Waals surface area contributed by atoms with Gasteiger partial charge < -0.3 is 20.1 Å². The van der Waals surface area contributed by atoms with Crippen LogP contribution in [0.4, 0.5) is 5.82 Å². The molecular weight excluding hydrogens is 264 g/mol. The van der Waals surface area contributed by atoms with Crippen molar-refractivity contribution in [1.82, 2.24) is 14.8 Å². The monoisotopic (exact) mass is 276 g/mol. The molecule has 1 fully saturated rings. The molecule has 2 unspecified atom stereocenters. The molecule has 4 atom stereocenters. The Kier molecular flexibility index (Phi) is 3.85. The molecule has 0 aliphatic carbocycles. The fourth-order valence-electron chi connectivity index (χ4n) is 1.66. The maximum Gasteiger partial charge on any atom is 0.220 e. The predicted octanol–water partition coefficient (Wildman–Crippen LogP) is -1.58. The summed E-state index contributed by atoms with van der Waals surface area (Å²) in [5.41, 5.74) is 1.78. The van der Waals surface area contributed by atoms with Crippen molar-refractivity contribution in [2.45, 2.75) is 24.5 Å². The van der Waals surface area contributed by atoms with E-state index >= 15 is 0 Å². The van der Waals surface area contributed by atoms with Crippen LogP contribution in [0.2, 0.25) is 0 Å². The van der Waals surface area contributed by atoms with Crippen LogP contribution in [0.1, 0.15) is 6.23 Å². The summed E-state index contributed by atoms with van der Waals surface area (Å²) in [4.78, 5) is 3.77. The average molecular weight is 276 g/mol. The first-order valence-electron chi connectivity index (χ1n) is 5.07. The minimum Gasteiger partial charge on any atom is -0.394 e. The molecule has 10 heteroatoms. The van der Waals surface area contributed by atoms with Crippen LogP contribution in [-0.4, -0.2) is 60.2 Å². The molecule has 0 spiro atoms. The summed E-state index contributed by atoms with van der Waals surface area (Å²) in [6, 6.07) is 0. The molecule has 2 rings (SSSR count). The number of hydrogen-bond donors (Lipinski definition) is 5. The Morgan fingerprint density at radius 2 is 2.17 bits per heavy atom. The van der Waals surface area contributed by atoms with Crippen molar-refractivity contribution in [3.63, 3.8) is 0 Å². The van der Waals surface area contributed by atoms with E-state index in [-0.39, 0.29) is 10.6 Å². The summed E-state index contributed by atoms with van der Waals surface area (Å²) in [6.45, 7) is -0.439. The van der Waals surface area contributed by atoms with E-state index in [1.807, 2.05) is 0 Å². The number of nitrogens with zero attached hydrogens (tertiary/aromatic N) is 3. The summed E-state index contributed by atoms with van der Waals surface area (Å²) >= 11 is 4.91. The van der Waals surface area contributed by atoms with Gasteiger partial charge in [-0.15, -0.1) is 0 Å². The zero-order chi connectivity index (χ0) is 13.3. The second-order valence-corrected chi connectivity index (χ2v) is 4.07. The number of aromatic nitrogens is 3. The number of aliphatic hydroxyl groups is 3. The first-order valence-corrected chi connectivity index (χ1v) is 5.47. The third kappa shape index (κ3) is 2.21. The van der Waals surface area contributed by atoms with Gasteiger partial charge in [-0.2, -0.15) is 10.1 Å². The van der Waals surface area contributed by atoms with Gasteiger partial charge in [-0.05, 0) is 12.2 Å². The van der Waals surface area contributed by atoms with Gasteiger partial charge in [0.05, 0.1) is 12.8 Å². The molecule has 0 bridgehead atoms. The van der Waals surface area contributed by atoms with Crippen LogP contribution in [0, 0.1) is 4.77 Å². The lowest BCUT2D eigenvalue weighted by Gasteiger charge is -2.16. The SMILES string of the molecule is OC[C@H]1O[C@@H](n2ncc(NO)nc2=S)C(O)C1O. The number of hydrogen-bond acceptors (Lipinski definition) is 9. The van der Waals surface area contributed by atoms with Crippen molar-refractivity contribution >= 4 is 18.0 Å². The molecule has 0 saturated carbocycles. The molecule has 18 heavy (non-hydrogen) atoms. The summed E-state index contributed by atoms with van der Waals surface area (Å²) in [6.07, 6.45) is -3.30. The Balaban J connectivity index is 2.30. The van der Waals surface area contributed by atoms with Gasteiger partial charge in [0.1, 0.15) is 18.3 Å². The first kappa shape index (κ1) is 13.3. The van der Waals surface area contributed by atoms with E-state index in [9.17, 15) is 10.2 Å². The highest BCUT2D eigenvalue weighted by Crippen LogP contribution is 2.28. The topological polar surface area (TPSA) is 133 Å². The van der Waals surface area contributed by atoms with Gasteiger partial charge >= 0.3 is 0 Å². The van der Waals surface area contributed by atoms with Gasteiger partial charge in [0, 0.05) is 0 Å². The lowest BCUT2D eigenvalue weighted by atomic mass is 10.1. The van der Waals surface area contributed by atoms with Crippen LogP contribution in [0.15, 0.2) is 6.20 Å². The zero-order valence-corrected chi connectivity index (χ0v) is 9.86. The van der Waals surface area contributed by atoms with Gasteiger partial charge in [-0.1, -0.05) is 0 Å². The lowest BCUT2D eigenvalue weighted by molar-refractivity contribution is -0.0606. The number of ether oxygens (including phenoxy) is 1. The van der Waals surface area contributed by atoms with Gasteiger partial charge in [-0.3, -0.25) is 10.7 Å². The minimum atomic E-state index is -1.28. The second-order valence-electron chi connectivity index (χ2n) is 3.71. The molecule has 0 aromatic carbocycles. The maximum absolute atomic E-state index is 9.78. The highest BCUT2D eigenvalue weighted by atomic mass is 32.1. The van der Waals surface area contributed by atoms with E-state index in [2.05, 4.69) is 10.1 Å². The molecular formula is C8H12N4O5S. The van der Waals surface area contributed by atoms with E-state index in [0.29, 0.717) is 0 Å². The molecule has 0 amide bonds. The Morgan fingerprint density at radius 3 is 2.67 bits per heavy atom. The first-order chi connectivity index (χ1) is 8.58. The largest absolute Gasteiger partial charge is 0.394 e. The average Bonchev–Trinajstić information content (AvgIpc) is 2.66. The highest BCUT2D eigenvalue weighted by Gasteiger charge is 2.44. The van der Waals surface area contributed by atoms with Crippen LogP contribution in [0.25, 0.3) is 0 Å². The Hall–Kier alpha value is -1.17. The number of rotatable bonds is 3. The van der Waals surface area contributed by atoms with Gasteiger partial charge in [0.15, 0.2) is 12.0 Å². The van der Waals surface area contributed by atoms with Crippen molar-refractivity contribution in [2.75, 3.05) is 12.1 Å². The molecule has 5 N–H and O–H groups in total. The quantitative estimate of drug-likeness (QED) is 0.327. The van der Waals surface area contributed by atoms with Crippen LogP contribution in [-0.2, 0) is 4.74 Å². The molecule has 2 heterocycles. The van der Waals surface area contributed by atoms with E-state index in [0.717, 1.165) is 4.68 Å². The molecule has 1 aliphatic heterocycles. The predicted molar refractivity (Wildman–Crippen MR) is 59.3 cm³/mol. The summed E-state index contributed by atoms with van der Waals surface area (Å²) < 4.78 is 6.27. The summed E-state index contributed by atoms with van der Waals surface area (Å²) in [5.74, 6) is 0.0444. The summed E-state index contributed by atoms with van der Waals surface area (Å²) in [7, 11) is 0. The lowest BCUT2D eigenvalue weighted by Crippen LogP contribution is -2.33. The van der Waals surface area contributed by atoms with E-state index in [4.69, 9.17) is 27.3 Å². The standard InChI is InChI=1S/C8H12N4O5S/c13-2-3-5(14)6(15)7(17-3)12-8(18)10-4(11-16)1-9-12/h1,3,5-7,13-16H,2H2,(H,10,11,18)/t3-,5?,6?,7-/m1/s1. The van der Waals surface area contributed by atoms with E-state index in [1.165, 1.54) is 6.20 Å². The van der Waals surface area contributed by atoms with Gasteiger partial charge in [-0.25, -0.2) is 4.68 Å². The van der Waals surface area contributed by atoms with Crippen LogP contribution in [0.5, 0.6) is 0 Å². The fourth-order valence-corrected chi connectivity index (χ4v) is 1.91. The molecule has 1 aliphatic rings. The highest BCUT2D eigenvalue weighted by molar-refractivity contribution is 7.71. The molecule has 1 saturated heterocycles.